The topological polar surface area (TPSA) is 62.0 Å². The highest BCUT2D eigenvalue weighted by Gasteiger charge is 2.19. The molecule has 1 N–H and O–H groups in total. The maximum absolute atomic E-state index is 10.3. The van der Waals surface area contributed by atoms with Gasteiger partial charge in [0, 0.05) is 6.42 Å². The number of carbonyl (C=O) groups excluding carboxylic acids is 1. The largest absolute Gasteiger partial charge is 0.368 e. The Hall–Kier alpha value is -0.770. The van der Waals surface area contributed by atoms with Crippen LogP contribution >= 0.6 is 0 Å². The van der Waals surface area contributed by atoms with Crippen molar-refractivity contribution in [3.63, 3.8) is 0 Å². The average Bonchev–Trinajstić information content (AvgIpc) is 2.37. The van der Waals surface area contributed by atoms with Gasteiger partial charge >= 0.3 is 0 Å². The van der Waals surface area contributed by atoms with Crippen molar-refractivity contribution < 1.29 is 9.90 Å². The number of hydrogen-bond donors (Lipinski definition) is 1. The lowest BCUT2D eigenvalue weighted by Crippen LogP contribution is -2.22. The van der Waals surface area contributed by atoms with Gasteiger partial charge in [-0.1, -0.05) is 39.5 Å². The molecule has 0 aliphatic heterocycles. The van der Waals surface area contributed by atoms with E-state index in [-0.39, 0.29) is 5.54 Å². The van der Waals surface area contributed by atoms with E-state index < -0.39 is 5.72 Å². The molecule has 0 aromatic carbocycles. The van der Waals surface area contributed by atoms with Crippen LogP contribution in [0.25, 0.3) is 0 Å². The van der Waals surface area contributed by atoms with Crippen LogP contribution in [0.4, 0.5) is 0 Å². The number of ketones is 1. The zero-order valence-corrected chi connectivity index (χ0v) is 15.9. The van der Waals surface area contributed by atoms with Crippen LogP contribution in [0.2, 0.25) is 0 Å². The minimum absolute atomic E-state index is 0.200. The summed E-state index contributed by atoms with van der Waals surface area (Å²) in [6.45, 7) is 13.6. The van der Waals surface area contributed by atoms with Gasteiger partial charge in [-0.25, -0.2) is 0 Å². The molecule has 22 heavy (non-hydrogen) atoms. The summed E-state index contributed by atoms with van der Waals surface area (Å²) in [6.07, 6.45) is 8.24. The molecule has 0 radical (unpaired) electrons. The van der Waals surface area contributed by atoms with Crippen LogP contribution in [0.15, 0.2) is 10.2 Å². The van der Waals surface area contributed by atoms with Crippen LogP contribution in [-0.2, 0) is 4.79 Å². The molecule has 1 unspecified atom stereocenters. The third-order valence-corrected chi connectivity index (χ3v) is 2.95. The van der Waals surface area contributed by atoms with Crippen LogP contribution in [0, 0.1) is 0 Å². The fourth-order valence-corrected chi connectivity index (χ4v) is 1.64. The first-order chi connectivity index (χ1) is 10.0. The smallest absolute Gasteiger partial charge is 0.173 e. The molecule has 0 saturated carbocycles. The van der Waals surface area contributed by atoms with Crippen LogP contribution in [0.5, 0.6) is 0 Å². The summed E-state index contributed by atoms with van der Waals surface area (Å²) in [5.41, 5.74) is -1.18. The van der Waals surface area contributed by atoms with Crippen molar-refractivity contribution in [2.24, 2.45) is 10.2 Å². The van der Waals surface area contributed by atoms with Crippen LogP contribution in [0.1, 0.15) is 99.8 Å². The summed E-state index contributed by atoms with van der Waals surface area (Å²) in [5, 5.41) is 17.9. The van der Waals surface area contributed by atoms with Crippen molar-refractivity contribution in [1.82, 2.24) is 0 Å². The molecule has 0 fully saturated rings. The predicted molar refractivity (Wildman–Crippen MR) is 94.2 cm³/mol. The third-order valence-electron chi connectivity index (χ3n) is 2.95. The minimum Gasteiger partial charge on any atom is -0.368 e. The van der Waals surface area contributed by atoms with E-state index in [9.17, 15) is 9.90 Å². The summed E-state index contributed by atoms with van der Waals surface area (Å²) >= 11 is 0. The van der Waals surface area contributed by atoms with E-state index in [1.807, 2.05) is 20.8 Å². The van der Waals surface area contributed by atoms with E-state index in [2.05, 4.69) is 24.1 Å². The van der Waals surface area contributed by atoms with E-state index in [1.165, 1.54) is 12.8 Å². The third kappa shape index (κ3) is 21.5. The van der Waals surface area contributed by atoms with Gasteiger partial charge in [0.2, 0.25) is 0 Å². The molecule has 0 heterocycles. The first kappa shape index (κ1) is 23.5. The molecule has 1 atom stereocenters. The van der Waals surface area contributed by atoms with Crippen molar-refractivity contribution in [2.45, 2.75) is 111 Å². The molecule has 0 aromatic rings. The first-order valence-corrected chi connectivity index (χ1v) is 8.70. The molecule has 0 aromatic heterocycles. The molecular weight excluding hydrogens is 276 g/mol. The first-order valence-electron chi connectivity index (χ1n) is 8.70. The van der Waals surface area contributed by atoms with Crippen LogP contribution in [0.3, 0.4) is 0 Å². The second-order valence-electron chi connectivity index (χ2n) is 7.20. The van der Waals surface area contributed by atoms with E-state index in [0.717, 1.165) is 32.1 Å². The number of carbonyl (C=O) groups is 1. The number of unbranched alkanes of at least 4 members (excludes halogenated alkanes) is 4. The summed E-state index contributed by atoms with van der Waals surface area (Å²) in [4.78, 5) is 10.3. The molecule has 132 valence electrons. The van der Waals surface area contributed by atoms with Crippen molar-refractivity contribution in [3.8, 4) is 0 Å². The highest BCUT2D eigenvalue weighted by molar-refractivity contribution is 5.75. The van der Waals surface area contributed by atoms with E-state index in [0.29, 0.717) is 12.2 Å². The van der Waals surface area contributed by atoms with Crippen molar-refractivity contribution >= 4 is 5.78 Å². The quantitative estimate of drug-likeness (QED) is 0.439. The Morgan fingerprint density at radius 1 is 0.909 bits per heavy atom. The van der Waals surface area contributed by atoms with Crippen LogP contribution in [-0.4, -0.2) is 22.2 Å². The second-order valence-corrected chi connectivity index (χ2v) is 7.20. The summed E-state index contributed by atoms with van der Waals surface area (Å²) in [5.74, 6) is 0.318. The maximum Gasteiger partial charge on any atom is 0.173 e. The summed E-state index contributed by atoms with van der Waals surface area (Å²) < 4.78 is 0. The van der Waals surface area contributed by atoms with Crippen molar-refractivity contribution in [1.29, 1.82) is 0 Å². The standard InChI is InChI=1S/C11H24N2O.C7H14O/c1-6-7-8-9-11(5,14)13-12-10(2,3)4;1-3-4-5-6-7(2)8/h14H,6-9H2,1-5H3;3-6H2,1-2H3/b13-12+;. The Bertz CT molecular complexity index is 305. The van der Waals surface area contributed by atoms with Crippen molar-refractivity contribution in [3.05, 3.63) is 0 Å². The number of nitrogens with zero attached hydrogens (tertiary/aromatic N) is 2. The fourth-order valence-electron chi connectivity index (χ4n) is 1.64. The van der Waals surface area contributed by atoms with Gasteiger partial charge < -0.3 is 9.90 Å². The molecule has 4 heteroatoms. The van der Waals surface area contributed by atoms with E-state index >= 15 is 0 Å². The van der Waals surface area contributed by atoms with Crippen molar-refractivity contribution in [2.75, 3.05) is 0 Å². The van der Waals surface area contributed by atoms with E-state index in [1.54, 1.807) is 13.8 Å². The molecular formula is C18H38N2O2. The summed E-state index contributed by atoms with van der Waals surface area (Å²) in [6, 6.07) is 0. The molecule has 0 amide bonds. The maximum atomic E-state index is 10.3. The zero-order chi connectivity index (χ0) is 17.6. The number of rotatable bonds is 9. The molecule has 0 aliphatic carbocycles. The molecule has 0 spiro atoms. The zero-order valence-electron chi connectivity index (χ0n) is 15.9. The van der Waals surface area contributed by atoms with Gasteiger partial charge in [-0.3, -0.25) is 0 Å². The Labute approximate surface area is 137 Å². The number of Topliss-reactive ketones (excluding diaryl/α,β-unsaturated/α-hetero) is 1. The van der Waals surface area contributed by atoms with Gasteiger partial charge in [-0.15, -0.1) is 0 Å². The molecule has 0 aliphatic rings. The van der Waals surface area contributed by atoms with Crippen LogP contribution < -0.4 is 0 Å². The number of azo groups is 1. The Kier molecular flexibility index (Phi) is 13.6. The van der Waals surface area contributed by atoms with E-state index in [4.69, 9.17) is 0 Å². The van der Waals surface area contributed by atoms with Gasteiger partial charge in [-0.05, 0) is 53.9 Å². The molecule has 0 bridgehead atoms. The van der Waals surface area contributed by atoms with Gasteiger partial charge in [-0.2, -0.15) is 10.2 Å². The minimum atomic E-state index is -0.984. The molecule has 4 nitrogen and oxygen atoms in total. The molecule has 0 rings (SSSR count). The van der Waals surface area contributed by atoms with Gasteiger partial charge in [0.1, 0.15) is 5.78 Å². The monoisotopic (exact) mass is 314 g/mol. The lowest BCUT2D eigenvalue weighted by atomic mass is 10.1. The summed E-state index contributed by atoms with van der Waals surface area (Å²) in [7, 11) is 0. The lowest BCUT2D eigenvalue weighted by molar-refractivity contribution is -0.117. The second kappa shape index (κ2) is 12.7. The Morgan fingerprint density at radius 2 is 1.41 bits per heavy atom. The SMILES string of the molecule is CCCCCC(C)(O)/N=N/C(C)(C)C.CCCCCC(C)=O. The van der Waals surface area contributed by atoms with Gasteiger partial charge in [0.05, 0.1) is 5.54 Å². The number of hydrogen-bond acceptors (Lipinski definition) is 4. The van der Waals surface area contributed by atoms with Gasteiger partial charge in [0.15, 0.2) is 5.72 Å². The highest BCUT2D eigenvalue weighted by atomic mass is 16.3. The Morgan fingerprint density at radius 3 is 1.82 bits per heavy atom. The Balaban J connectivity index is 0. The van der Waals surface area contributed by atoms with Gasteiger partial charge in [0.25, 0.3) is 0 Å². The fraction of sp³-hybridized carbons (Fsp3) is 0.944. The predicted octanol–water partition coefficient (Wildman–Crippen LogP) is 5.68. The number of aliphatic hydroxyl groups is 1. The normalized spacial score (nSPS) is 14.4. The average molecular weight is 315 g/mol. The molecule has 0 saturated heterocycles. The lowest BCUT2D eigenvalue weighted by Gasteiger charge is -2.19. The highest BCUT2D eigenvalue weighted by Crippen LogP contribution is 2.19.